The van der Waals surface area contributed by atoms with Crippen LogP contribution in [0.4, 0.5) is 0 Å². The van der Waals surface area contributed by atoms with Gasteiger partial charge in [0.05, 0.1) is 11.6 Å². The van der Waals surface area contributed by atoms with Crippen molar-refractivity contribution in [1.82, 2.24) is 0 Å². The number of fused-ring (bicyclic) bond motifs is 6. The molecule has 0 aliphatic carbocycles. The van der Waals surface area contributed by atoms with E-state index in [9.17, 15) is 5.26 Å². The Bertz CT molecular complexity index is 1290. The minimum Gasteiger partial charge on any atom is -0.192 e. The fraction of sp³-hybridized carbons (Fsp3) is 0. The van der Waals surface area contributed by atoms with Crippen molar-refractivity contribution in [3.05, 3.63) is 96.6 Å². The molecule has 0 bridgehead atoms. The summed E-state index contributed by atoms with van der Waals surface area (Å²) in [6, 6.07) is 33.7. The predicted octanol–water partition coefficient (Wildman–Crippen LogP) is 6.68. The number of hydrogen-bond donors (Lipinski definition) is 0. The molecule has 26 heavy (non-hydrogen) atoms. The van der Waals surface area contributed by atoms with Gasteiger partial charge in [0.15, 0.2) is 0 Å². The van der Waals surface area contributed by atoms with E-state index < -0.39 is 0 Å². The lowest BCUT2D eigenvalue weighted by Gasteiger charge is -2.14. The summed E-state index contributed by atoms with van der Waals surface area (Å²) in [6.07, 6.45) is 0. The van der Waals surface area contributed by atoms with E-state index in [1.165, 1.54) is 37.9 Å². The minimum atomic E-state index is 0.685. The van der Waals surface area contributed by atoms with Crippen LogP contribution in [0.25, 0.3) is 43.4 Å². The molecule has 5 aromatic carbocycles. The minimum absolute atomic E-state index is 0.685. The van der Waals surface area contributed by atoms with E-state index in [4.69, 9.17) is 0 Å². The summed E-state index contributed by atoms with van der Waals surface area (Å²) in [5.41, 5.74) is 2.93. The summed E-state index contributed by atoms with van der Waals surface area (Å²) in [4.78, 5) is 0. The second-order valence-electron chi connectivity index (χ2n) is 6.51. The summed E-state index contributed by atoms with van der Waals surface area (Å²) in [7, 11) is 0. The summed E-state index contributed by atoms with van der Waals surface area (Å²) in [5, 5.41) is 16.8. The van der Waals surface area contributed by atoms with Gasteiger partial charge in [0.2, 0.25) is 0 Å². The highest BCUT2D eigenvalue weighted by molar-refractivity contribution is 6.28. The lowest BCUT2D eigenvalue weighted by molar-refractivity contribution is 1.48. The molecule has 5 aromatic rings. The van der Waals surface area contributed by atoms with E-state index in [1.54, 1.807) is 0 Å². The average molecular weight is 329 g/mol. The van der Waals surface area contributed by atoms with Crippen LogP contribution in [0, 0.1) is 11.3 Å². The Morgan fingerprint density at radius 1 is 0.538 bits per heavy atom. The first kappa shape index (κ1) is 14.7. The van der Waals surface area contributed by atoms with Crippen molar-refractivity contribution < 1.29 is 0 Å². The standard InChI is InChI=1S/C25H15N/c26-16-17-7-5-8-18(15-17)19-13-6-14-24-22-10-2-1-9-20(22)21-11-3-4-12-23(21)25(19)24/h1-15H. The van der Waals surface area contributed by atoms with Crippen molar-refractivity contribution in [2.75, 3.05) is 0 Å². The lowest BCUT2D eigenvalue weighted by atomic mass is 9.89. The zero-order valence-corrected chi connectivity index (χ0v) is 14.1. The fourth-order valence-electron chi connectivity index (χ4n) is 3.95. The Labute approximate surface area is 151 Å². The molecule has 0 fully saturated rings. The number of hydrogen-bond acceptors (Lipinski definition) is 1. The molecule has 0 atom stereocenters. The molecule has 0 N–H and O–H groups in total. The third kappa shape index (κ3) is 2.10. The number of nitriles is 1. The van der Waals surface area contributed by atoms with Gasteiger partial charge in [-0.25, -0.2) is 0 Å². The van der Waals surface area contributed by atoms with Gasteiger partial charge in [0, 0.05) is 0 Å². The Morgan fingerprint density at radius 3 is 1.73 bits per heavy atom. The molecule has 0 aliphatic heterocycles. The second-order valence-corrected chi connectivity index (χ2v) is 6.51. The van der Waals surface area contributed by atoms with Crippen molar-refractivity contribution in [1.29, 1.82) is 5.26 Å². The molecule has 0 amide bonds. The van der Waals surface area contributed by atoms with Crippen LogP contribution >= 0.6 is 0 Å². The van der Waals surface area contributed by atoms with Gasteiger partial charge in [-0.3, -0.25) is 0 Å². The van der Waals surface area contributed by atoms with Gasteiger partial charge in [-0.05, 0) is 55.6 Å². The van der Waals surface area contributed by atoms with Gasteiger partial charge in [-0.1, -0.05) is 78.9 Å². The second kappa shape index (κ2) is 5.72. The normalized spacial score (nSPS) is 11.0. The van der Waals surface area contributed by atoms with E-state index in [2.05, 4.69) is 78.9 Å². The van der Waals surface area contributed by atoms with E-state index in [0.717, 1.165) is 5.56 Å². The summed E-state index contributed by atoms with van der Waals surface area (Å²) >= 11 is 0. The molecule has 1 heteroatoms. The zero-order chi connectivity index (χ0) is 17.5. The molecular formula is C25H15N. The summed E-state index contributed by atoms with van der Waals surface area (Å²) < 4.78 is 0. The van der Waals surface area contributed by atoms with Crippen molar-refractivity contribution in [3.8, 4) is 17.2 Å². The lowest BCUT2D eigenvalue weighted by Crippen LogP contribution is -1.87. The first-order valence-electron chi connectivity index (χ1n) is 8.69. The molecule has 0 saturated carbocycles. The maximum Gasteiger partial charge on any atom is 0.0991 e. The van der Waals surface area contributed by atoms with Gasteiger partial charge in [0.25, 0.3) is 0 Å². The Kier molecular flexibility index (Phi) is 3.23. The van der Waals surface area contributed by atoms with Crippen LogP contribution in [-0.2, 0) is 0 Å². The van der Waals surface area contributed by atoms with E-state index in [0.29, 0.717) is 5.56 Å². The number of rotatable bonds is 1. The van der Waals surface area contributed by atoms with Crippen LogP contribution in [0.15, 0.2) is 91.0 Å². The number of benzene rings is 5. The topological polar surface area (TPSA) is 23.8 Å². The van der Waals surface area contributed by atoms with Gasteiger partial charge in [-0.2, -0.15) is 5.26 Å². The fourth-order valence-corrected chi connectivity index (χ4v) is 3.95. The van der Waals surface area contributed by atoms with Crippen molar-refractivity contribution >= 4 is 32.3 Å². The van der Waals surface area contributed by atoms with Crippen LogP contribution in [0.2, 0.25) is 0 Å². The van der Waals surface area contributed by atoms with Gasteiger partial charge < -0.3 is 0 Å². The highest BCUT2D eigenvalue weighted by Crippen LogP contribution is 2.39. The molecule has 5 rings (SSSR count). The van der Waals surface area contributed by atoms with Crippen LogP contribution in [0.1, 0.15) is 5.56 Å². The van der Waals surface area contributed by atoms with E-state index >= 15 is 0 Å². The van der Waals surface area contributed by atoms with Crippen LogP contribution in [0.5, 0.6) is 0 Å². The molecule has 0 heterocycles. The summed E-state index contributed by atoms with van der Waals surface area (Å²) in [6.45, 7) is 0. The monoisotopic (exact) mass is 329 g/mol. The quantitative estimate of drug-likeness (QED) is 0.314. The molecule has 0 saturated heterocycles. The van der Waals surface area contributed by atoms with Crippen molar-refractivity contribution in [2.24, 2.45) is 0 Å². The van der Waals surface area contributed by atoms with Gasteiger partial charge in [0.1, 0.15) is 0 Å². The zero-order valence-electron chi connectivity index (χ0n) is 14.1. The molecule has 0 radical (unpaired) electrons. The third-order valence-corrected chi connectivity index (χ3v) is 5.07. The summed E-state index contributed by atoms with van der Waals surface area (Å²) in [5.74, 6) is 0. The predicted molar refractivity (Wildman–Crippen MR) is 109 cm³/mol. The molecule has 0 aromatic heterocycles. The molecule has 0 aliphatic rings. The SMILES string of the molecule is N#Cc1cccc(-c2cccc3c4ccccc4c4ccccc4c23)c1. The van der Waals surface area contributed by atoms with Crippen LogP contribution in [-0.4, -0.2) is 0 Å². The Hall–Kier alpha value is -3.63. The molecular weight excluding hydrogens is 314 g/mol. The van der Waals surface area contributed by atoms with Gasteiger partial charge in [-0.15, -0.1) is 0 Å². The number of nitrogens with zero attached hydrogens (tertiary/aromatic N) is 1. The van der Waals surface area contributed by atoms with E-state index in [-0.39, 0.29) is 0 Å². The van der Waals surface area contributed by atoms with Crippen molar-refractivity contribution in [3.63, 3.8) is 0 Å². The molecule has 1 nitrogen and oxygen atoms in total. The first-order valence-corrected chi connectivity index (χ1v) is 8.69. The van der Waals surface area contributed by atoms with Crippen molar-refractivity contribution in [2.45, 2.75) is 0 Å². The molecule has 0 unspecified atom stereocenters. The smallest absolute Gasteiger partial charge is 0.0991 e. The Morgan fingerprint density at radius 2 is 1.08 bits per heavy atom. The Balaban J connectivity index is 2.03. The largest absolute Gasteiger partial charge is 0.192 e. The third-order valence-electron chi connectivity index (χ3n) is 5.07. The van der Waals surface area contributed by atoms with Crippen LogP contribution in [0.3, 0.4) is 0 Å². The van der Waals surface area contributed by atoms with Crippen LogP contribution < -0.4 is 0 Å². The molecule has 120 valence electrons. The first-order chi connectivity index (χ1) is 12.9. The average Bonchev–Trinajstić information content (AvgIpc) is 2.73. The maximum atomic E-state index is 9.29. The van der Waals surface area contributed by atoms with E-state index in [1.807, 2.05) is 18.2 Å². The van der Waals surface area contributed by atoms with Gasteiger partial charge >= 0.3 is 0 Å². The highest BCUT2D eigenvalue weighted by atomic mass is 14.2. The maximum absolute atomic E-state index is 9.29. The molecule has 0 spiro atoms. The highest BCUT2D eigenvalue weighted by Gasteiger charge is 2.12.